The number of aliphatic hydroxyl groups excluding tert-OH is 3. The second-order valence-corrected chi connectivity index (χ2v) is 8.71. The van der Waals surface area contributed by atoms with Crippen molar-refractivity contribution in [2.24, 2.45) is 23.2 Å². The van der Waals surface area contributed by atoms with Crippen LogP contribution in [0, 0.1) is 23.2 Å². The number of hydrogen-bond donors (Lipinski definition) is 3. The third kappa shape index (κ3) is 2.59. The molecular weight excluding hydrogens is 352 g/mol. The summed E-state index contributed by atoms with van der Waals surface area (Å²) >= 11 is 0. The third-order valence-corrected chi connectivity index (χ3v) is 7.18. The maximum absolute atomic E-state index is 12.5. The standard InChI is InChI=1S/C20H26O7/c1-8-12(22)4-11-15(8)17-16-10(19(25)27-17)5-20(11,3)6-14(16)26-18(24)9(2)13(23)7-21/h10-14,16-17,21-23H,2,4-7H2,1,3H3. The summed E-state index contributed by atoms with van der Waals surface area (Å²) in [5, 5.41) is 29.1. The normalized spacial score (nSPS) is 43.2. The average molecular weight is 378 g/mol. The van der Waals surface area contributed by atoms with E-state index < -0.39 is 37.0 Å². The van der Waals surface area contributed by atoms with E-state index in [1.807, 2.05) is 6.92 Å². The van der Waals surface area contributed by atoms with Crippen LogP contribution in [0.2, 0.25) is 0 Å². The molecule has 0 spiro atoms. The van der Waals surface area contributed by atoms with E-state index in [0.717, 1.165) is 11.1 Å². The van der Waals surface area contributed by atoms with Crippen LogP contribution in [0.5, 0.6) is 0 Å². The first kappa shape index (κ1) is 18.7. The van der Waals surface area contributed by atoms with Gasteiger partial charge in [0.05, 0.1) is 30.1 Å². The Balaban J connectivity index is 1.69. The lowest BCUT2D eigenvalue weighted by atomic mass is 9.62. The lowest BCUT2D eigenvalue weighted by Crippen LogP contribution is -2.45. The van der Waals surface area contributed by atoms with E-state index in [1.165, 1.54) is 0 Å². The predicted octanol–water partition coefficient (Wildman–Crippen LogP) is 0.476. The minimum Gasteiger partial charge on any atom is -0.458 e. The van der Waals surface area contributed by atoms with Gasteiger partial charge in [0.25, 0.3) is 0 Å². The Morgan fingerprint density at radius 1 is 1.44 bits per heavy atom. The van der Waals surface area contributed by atoms with Crippen molar-refractivity contribution < 1.29 is 34.4 Å². The van der Waals surface area contributed by atoms with Crippen LogP contribution in [0.25, 0.3) is 0 Å². The lowest BCUT2D eigenvalue weighted by molar-refractivity contribution is -0.157. The van der Waals surface area contributed by atoms with Crippen LogP contribution < -0.4 is 0 Å². The Morgan fingerprint density at radius 2 is 2.15 bits per heavy atom. The van der Waals surface area contributed by atoms with Gasteiger partial charge in [0.2, 0.25) is 0 Å². The molecule has 5 rings (SSSR count). The van der Waals surface area contributed by atoms with Gasteiger partial charge in [-0.15, -0.1) is 0 Å². The number of aliphatic hydroxyl groups is 3. The Labute approximate surface area is 157 Å². The zero-order chi connectivity index (χ0) is 19.7. The molecule has 4 fully saturated rings. The maximum atomic E-state index is 12.5. The second-order valence-electron chi connectivity index (χ2n) is 8.71. The van der Waals surface area contributed by atoms with Crippen molar-refractivity contribution in [1.82, 2.24) is 0 Å². The molecule has 3 N–H and O–H groups in total. The average Bonchev–Trinajstić information content (AvgIpc) is 3.04. The molecule has 8 atom stereocenters. The van der Waals surface area contributed by atoms with Crippen LogP contribution in [0.15, 0.2) is 23.3 Å². The van der Waals surface area contributed by atoms with Gasteiger partial charge < -0.3 is 24.8 Å². The quantitative estimate of drug-likeness (QED) is 0.370. The Hall–Kier alpha value is -1.70. The fourth-order valence-electron chi connectivity index (χ4n) is 5.73. The molecule has 3 saturated carbocycles. The van der Waals surface area contributed by atoms with Gasteiger partial charge in [-0.25, -0.2) is 4.79 Å². The van der Waals surface area contributed by atoms with Gasteiger partial charge in [-0.1, -0.05) is 13.5 Å². The smallest absolute Gasteiger partial charge is 0.336 e. The molecule has 1 heterocycles. The highest BCUT2D eigenvalue weighted by atomic mass is 16.6. The van der Waals surface area contributed by atoms with Gasteiger partial charge in [-0.3, -0.25) is 4.79 Å². The molecule has 0 radical (unpaired) electrons. The first-order valence-corrected chi connectivity index (χ1v) is 9.45. The first-order valence-electron chi connectivity index (χ1n) is 9.45. The van der Waals surface area contributed by atoms with Crippen molar-refractivity contribution in [2.75, 3.05) is 6.61 Å². The van der Waals surface area contributed by atoms with Gasteiger partial charge in [0.15, 0.2) is 0 Å². The van der Waals surface area contributed by atoms with Crippen molar-refractivity contribution in [1.29, 1.82) is 0 Å². The van der Waals surface area contributed by atoms with Crippen LogP contribution in [-0.2, 0) is 19.1 Å². The molecule has 0 aromatic rings. The summed E-state index contributed by atoms with van der Waals surface area (Å²) in [7, 11) is 0. The number of hydrogen-bond acceptors (Lipinski definition) is 7. The second kappa shape index (κ2) is 6.15. The molecule has 1 aliphatic heterocycles. The van der Waals surface area contributed by atoms with Gasteiger partial charge in [0.1, 0.15) is 18.3 Å². The molecule has 4 aliphatic carbocycles. The topological polar surface area (TPSA) is 113 Å². The summed E-state index contributed by atoms with van der Waals surface area (Å²) in [5.41, 5.74) is 1.37. The van der Waals surface area contributed by atoms with E-state index in [9.17, 15) is 19.8 Å². The largest absolute Gasteiger partial charge is 0.458 e. The fraction of sp³-hybridized carbons (Fsp3) is 0.700. The number of esters is 2. The zero-order valence-corrected chi connectivity index (χ0v) is 15.6. The van der Waals surface area contributed by atoms with Crippen molar-refractivity contribution >= 4 is 11.9 Å². The third-order valence-electron chi connectivity index (χ3n) is 7.18. The minimum atomic E-state index is -1.37. The number of rotatable bonds is 4. The Kier molecular flexibility index (Phi) is 4.25. The van der Waals surface area contributed by atoms with Crippen molar-refractivity contribution in [3.8, 4) is 0 Å². The summed E-state index contributed by atoms with van der Waals surface area (Å²) in [6.45, 7) is 6.88. The minimum absolute atomic E-state index is 0.0908. The summed E-state index contributed by atoms with van der Waals surface area (Å²) in [4.78, 5) is 24.9. The van der Waals surface area contributed by atoms with E-state index in [-0.39, 0.29) is 34.7 Å². The van der Waals surface area contributed by atoms with Gasteiger partial charge in [0, 0.05) is 0 Å². The molecule has 0 amide bonds. The van der Waals surface area contributed by atoms with E-state index in [2.05, 4.69) is 13.5 Å². The zero-order valence-electron chi connectivity index (χ0n) is 15.6. The van der Waals surface area contributed by atoms with E-state index >= 15 is 0 Å². The molecular formula is C20H26O7. The highest BCUT2D eigenvalue weighted by Gasteiger charge is 2.65. The van der Waals surface area contributed by atoms with Crippen molar-refractivity contribution in [2.45, 2.75) is 57.5 Å². The first-order chi connectivity index (χ1) is 12.7. The van der Waals surface area contributed by atoms with Crippen LogP contribution in [-0.4, -0.2) is 58.3 Å². The molecule has 7 nitrogen and oxygen atoms in total. The van der Waals surface area contributed by atoms with Gasteiger partial charge in [-0.2, -0.15) is 0 Å². The highest BCUT2D eigenvalue weighted by Crippen LogP contribution is 2.63. The van der Waals surface area contributed by atoms with E-state index in [1.54, 1.807) is 0 Å². The molecule has 0 aromatic carbocycles. The van der Waals surface area contributed by atoms with E-state index in [4.69, 9.17) is 14.6 Å². The molecule has 4 bridgehead atoms. The van der Waals surface area contributed by atoms with Gasteiger partial charge in [-0.05, 0) is 48.7 Å². The van der Waals surface area contributed by atoms with Crippen molar-refractivity contribution in [3.05, 3.63) is 23.3 Å². The number of carbonyl (C=O) groups excluding carboxylic acids is 2. The van der Waals surface area contributed by atoms with Crippen molar-refractivity contribution in [3.63, 3.8) is 0 Å². The number of ether oxygens (including phenoxy) is 2. The number of carbonyl (C=O) groups is 2. The van der Waals surface area contributed by atoms with Gasteiger partial charge >= 0.3 is 11.9 Å². The monoisotopic (exact) mass is 378 g/mol. The summed E-state index contributed by atoms with van der Waals surface area (Å²) in [6, 6.07) is 0. The SMILES string of the molecule is C=C(C(=O)OC1CC2(C)CC3C(=O)OC(C4=C(C)C(O)CC42)C13)C(O)CO. The maximum Gasteiger partial charge on any atom is 0.336 e. The molecule has 1 saturated heterocycles. The molecule has 0 aromatic heterocycles. The molecule has 5 aliphatic rings. The van der Waals surface area contributed by atoms with Crippen LogP contribution in [0.1, 0.15) is 33.1 Å². The van der Waals surface area contributed by atoms with E-state index in [0.29, 0.717) is 19.3 Å². The molecule has 148 valence electrons. The summed E-state index contributed by atoms with van der Waals surface area (Å²) in [6.07, 6.45) is -1.11. The Morgan fingerprint density at radius 3 is 2.81 bits per heavy atom. The Bertz CT molecular complexity index is 741. The van der Waals surface area contributed by atoms with Crippen LogP contribution in [0.3, 0.4) is 0 Å². The van der Waals surface area contributed by atoms with Crippen LogP contribution in [0.4, 0.5) is 0 Å². The number of fused-ring (bicyclic) bond motifs is 1. The molecule has 7 heteroatoms. The highest BCUT2D eigenvalue weighted by molar-refractivity contribution is 5.89. The lowest BCUT2D eigenvalue weighted by Gasteiger charge is -2.43. The summed E-state index contributed by atoms with van der Waals surface area (Å²) < 4.78 is 11.4. The summed E-state index contributed by atoms with van der Waals surface area (Å²) in [5.74, 6) is -1.58. The fourth-order valence-corrected chi connectivity index (χ4v) is 5.73. The molecule has 8 unspecified atom stereocenters. The van der Waals surface area contributed by atoms with Crippen LogP contribution >= 0.6 is 0 Å². The predicted molar refractivity (Wildman–Crippen MR) is 93.1 cm³/mol. The molecule has 27 heavy (non-hydrogen) atoms.